The summed E-state index contributed by atoms with van der Waals surface area (Å²) in [5.74, 6) is 0.589. The van der Waals surface area contributed by atoms with Crippen LogP contribution >= 0.6 is 0 Å². The zero-order valence-electron chi connectivity index (χ0n) is 8.99. The van der Waals surface area contributed by atoms with Crippen molar-refractivity contribution in [3.8, 4) is 5.75 Å². The number of aliphatic hydroxyl groups excluding tert-OH is 1. The highest BCUT2D eigenvalue weighted by molar-refractivity contribution is 5.38. The van der Waals surface area contributed by atoms with E-state index in [0.29, 0.717) is 12.2 Å². The Bertz CT molecular complexity index is 305. The average molecular weight is 194 g/mol. The number of rotatable bonds is 3. The van der Waals surface area contributed by atoms with Gasteiger partial charge in [-0.05, 0) is 35.6 Å². The molecule has 1 unspecified atom stereocenters. The normalized spacial score (nSPS) is 13.2. The number of hydrogen-bond donors (Lipinski definition) is 2. The third kappa shape index (κ3) is 2.26. The highest BCUT2D eigenvalue weighted by atomic mass is 16.3. The van der Waals surface area contributed by atoms with Crippen molar-refractivity contribution in [1.82, 2.24) is 0 Å². The van der Waals surface area contributed by atoms with Crippen LogP contribution in [0.1, 0.15) is 50.3 Å². The molecule has 14 heavy (non-hydrogen) atoms. The molecule has 1 rings (SSSR count). The van der Waals surface area contributed by atoms with Crippen LogP contribution in [0.5, 0.6) is 5.75 Å². The zero-order chi connectivity index (χ0) is 10.7. The van der Waals surface area contributed by atoms with E-state index in [1.165, 1.54) is 0 Å². The van der Waals surface area contributed by atoms with Crippen LogP contribution in [0.15, 0.2) is 18.2 Å². The second kappa shape index (κ2) is 4.47. The van der Waals surface area contributed by atoms with Gasteiger partial charge in [0.05, 0.1) is 6.10 Å². The van der Waals surface area contributed by atoms with Gasteiger partial charge in [0.25, 0.3) is 0 Å². The van der Waals surface area contributed by atoms with Crippen molar-refractivity contribution in [2.75, 3.05) is 0 Å². The molecule has 0 aliphatic rings. The second-order valence-electron chi connectivity index (χ2n) is 3.90. The molecule has 1 aromatic rings. The summed E-state index contributed by atoms with van der Waals surface area (Å²) >= 11 is 0. The van der Waals surface area contributed by atoms with Crippen molar-refractivity contribution in [2.24, 2.45) is 0 Å². The highest BCUT2D eigenvalue weighted by Gasteiger charge is 2.10. The smallest absolute Gasteiger partial charge is 0.119 e. The van der Waals surface area contributed by atoms with Crippen LogP contribution in [0.3, 0.4) is 0 Å². The average Bonchev–Trinajstić information content (AvgIpc) is 2.17. The van der Waals surface area contributed by atoms with Crippen molar-refractivity contribution in [3.05, 3.63) is 29.3 Å². The Morgan fingerprint density at radius 3 is 2.43 bits per heavy atom. The molecule has 1 aromatic carbocycles. The molecule has 2 heteroatoms. The molecule has 0 amide bonds. The van der Waals surface area contributed by atoms with E-state index in [1.54, 1.807) is 12.1 Å². The summed E-state index contributed by atoms with van der Waals surface area (Å²) in [5.41, 5.74) is 1.78. The fourth-order valence-corrected chi connectivity index (χ4v) is 1.48. The van der Waals surface area contributed by atoms with Crippen molar-refractivity contribution in [1.29, 1.82) is 0 Å². The zero-order valence-corrected chi connectivity index (χ0v) is 8.99. The SMILES string of the molecule is CCC(O)c1ccc(O)c(C(C)C)c1. The molecule has 1 atom stereocenters. The summed E-state index contributed by atoms with van der Waals surface area (Å²) in [5, 5.41) is 19.2. The highest BCUT2D eigenvalue weighted by Crippen LogP contribution is 2.29. The Kier molecular flexibility index (Phi) is 3.53. The first kappa shape index (κ1) is 11.1. The van der Waals surface area contributed by atoms with E-state index in [9.17, 15) is 10.2 Å². The second-order valence-corrected chi connectivity index (χ2v) is 3.90. The van der Waals surface area contributed by atoms with E-state index in [4.69, 9.17) is 0 Å². The van der Waals surface area contributed by atoms with Gasteiger partial charge in [-0.3, -0.25) is 0 Å². The van der Waals surface area contributed by atoms with Gasteiger partial charge in [-0.15, -0.1) is 0 Å². The third-order valence-corrected chi connectivity index (χ3v) is 2.45. The first-order valence-electron chi connectivity index (χ1n) is 5.07. The molecule has 0 spiro atoms. The number of benzene rings is 1. The molecule has 0 heterocycles. The molecule has 0 aliphatic carbocycles. The van der Waals surface area contributed by atoms with Crippen molar-refractivity contribution >= 4 is 0 Å². The molecule has 0 aliphatic heterocycles. The first-order valence-corrected chi connectivity index (χ1v) is 5.07. The van der Waals surface area contributed by atoms with Crippen LogP contribution in [0.2, 0.25) is 0 Å². The number of phenolic OH excluding ortho intramolecular Hbond substituents is 1. The molecule has 0 radical (unpaired) electrons. The minimum atomic E-state index is -0.423. The molecule has 0 aromatic heterocycles. The van der Waals surface area contributed by atoms with Crippen LogP contribution in [0, 0.1) is 0 Å². The van der Waals surface area contributed by atoms with Gasteiger partial charge in [0.2, 0.25) is 0 Å². The summed E-state index contributed by atoms with van der Waals surface area (Å²) in [6.45, 7) is 5.99. The van der Waals surface area contributed by atoms with Gasteiger partial charge >= 0.3 is 0 Å². The first-order chi connectivity index (χ1) is 6.56. The molecular formula is C12H18O2. The number of aliphatic hydroxyl groups is 1. The third-order valence-electron chi connectivity index (χ3n) is 2.45. The van der Waals surface area contributed by atoms with Crippen LogP contribution in [0.4, 0.5) is 0 Å². The van der Waals surface area contributed by atoms with E-state index >= 15 is 0 Å². The Balaban J connectivity index is 3.06. The lowest BCUT2D eigenvalue weighted by molar-refractivity contribution is 0.173. The van der Waals surface area contributed by atoms with E-state index in [-0.39, 0.29) is 5.92 Å². The summed E-state index contributed by atoms with van der Waals surface area (Å²) in [7, 11) is 0. The number of aromatic hydroxyl groups is 1. The van der Waals surface area contributed by atoms with Gasteiger partial charge in [-0.1, -0.05) is 26.8 Å². The summed E-state index contributed by atoms with van der Waals surface area (Å²) in [6.07, 6.45) is 0.274. The minimum absolute atomic E-state index is 0.277. The minimum Gasteiger partial charge on any atom is -0.508 e. The predicted octanol–water partition coefficient (Wildman–Crippen LogP) is 2.96. The fourth-order valence-electron chi connectivity index (χ4n) is 1.48. The van der Waals surface area contributed by atoms with E-state index in [2.05, 4.69) is 0 Å². The maximum Gasteiger partial charge on any atom is 0.119 e. The topological polar surface area (TPSA) is 40.5 Å². The summed E-state index contributed by atoms with van der Waals surface area (Å²) in [6, 6.07) is 5.31. The van der Waals surface area contributed by atoms with Crippen molar-refractivity contribution < 1.29 is 10.2 Å². The maximum atomic E-state index is 9.64. The lowest BCUT2D eigenvalue weighted by Crippen LogP contribution is -1.97. The largest absolute Gasteiger partial charge is 0.508 e. The van der Waals surface area contributed by atoms with Gasteiger partial charge in [0.15, 0.2) is 0 Å². The van der Waals surface area contributed by atoms with E-state index < -0.39 is 6.10 Å². The molecule has 2 N–H and O–H groups in total. The van der Waals surface area contributed by atoms with Crippen LogP contribution in [0.25, 0.3) is 0 Å². The van der Waals surface area contributed by atoms with Gasteiger partial charge < -0.3 is 10.2 Å². The lowest BCUT2D eigenvalue weighted by Gasteiger charge is -2.13. The number of phenols is 1. The Morgan fingerprint density at radius 1 is 1.29 bits per heavy atom. The number of hydrogen-bond acceptors (Lipinski definition) is 2. The fraction of sp³-hybridized carbons (Fsp3) is 0.500. The maximum absolute atomic E-state index is 9.64. The van der Waals surface area contributed by atoms with Gasteiger partial charge in [-0.25, -0.2) is 0 Å². The van der Waals surface area contributed by atoms with Gasteiger partial charge in [-0.2, -0.15) is 0 Å². The standard InChI is InChI=1S/C12H18O2/c1-4-11(13)9-5-6-12(14)10(7-9)8(2)3/h5-8,11,13-14H,4H2,1-3H3. The van der Waals surface area contributed by atoms with Gasteiger partial charge in [0, 0.05) is 0 Å². The Labute approximate surface area is 85.2 Å². The van der Waals surface area contributed by atoms with Crippen LogP contribution in [-0.2, 0) is 0 Å². The van der Waals surface area contributed by atoms with E-state index in [0.717, 1.165) is 11.1 Å². The molecule has 2 nitrogen and oxygen atoms in total. The van der Waals surface area contributed by atoms with Crippen molar-refractivity contribution in [3.63, 3.8) is 0 Å². The van der Waals surface area contributed by atoms with Gasteiger partial charge in [0.1, 0.15) is 5.75 Å². The molecule has 0 bridgehead atoms. The summed E-state index contributed by atoms with van der Waals surface area (Å²) in [4.78, 5) is 0. The molecule has 0 saturated carbocycles. The molecule has 0 saturated heterocycles. The predicted molar refractivity (Wildman–Crippen MR) is 57.4 cm³/mol. The van der Waals surface area contributed by atoms with Crippen LogP contribution in [-0.4, -0.2) is 10.2 Å². The Morgan fingerprint density at radius 2 is 1.93 bits per heavy atom. The monoisotopic (exact) mass is 194 g/mol. The molecular weight excluding hydrogens is 176 g/mol. The molecule has 0 fully saturated rings. The van der Waals surface area contributed by atoms with E-state index in [1.807, 2.05) is 26.8 Å². The molecule has 78 valence electrons. The Hall–Kier alpha value is -1.02. The lowest BCUT2D eigenvalue weighted by atomic mass is 9.97. The van der Waals surface area contributed by atoms with Crippen molar-refractivity contribution in [2.45, 2.75) is 39.2 Å². The quantitative estimate of drug-likeness (QED) is 0.776. The summed E-state index contributed by atoms with van der Waals surface area (Å²) < 4.78 is 0. The van der Waals surface area contributed by atoms with Crippen LogP contribution < -0.4 is 0 Å².